The number of anilines is 1. The molecule has 0 saturated carbocycles. The van der Waals surface area contributed by atoms with Gasteiger partial charge in [0.15, 0.2) is 9.84 Å². The molecule has 3 rings (SSSR count). The van der Waals surface area contributed by atoms with Crippen LogP contribution in [0.25, 0.3) is 11.1 Å². The predicted octanol–water partition coefficient (Wildman–Crippen LogP) is 1.33. The molecule has 0 N–H and O–H groups in total. The predicted molar refractivity (Wildman–Crippen MR) is 79.0 cm³/mol. The average Bonchev–Trinajstić information content (AvgIpc) is 2.76. The standard InChI is InChI=1S/C13H18N4O3S/c1-9-10-11(14-8-15-12(10)20-16-9)17-5-4-13(2,3)21(18,19)7-6-17/h8H,4-7H2,1-3H3. The third-order valence-electron chi connectivity index (χ3n) is 4.18. The molecule has 1 saturated heterocycles. The van der Waals surface area contributed by atoms with Crippen LogP contribution >= 0.6 is 0 Å². The van der Waals surface area contributed by atoms with Gasteiger partial charge in [0.2, 0.25) is 0 Å². The summed E-state index contributed by atoms with van der Waals surface area (Å²) >= 11 is 0. The normalized spacial score (nSPS) is 21.4. The first kappa shape index (κ1) is 14.2. The summed E-state index contributed by atoms with van der Waals surface area (Å²) in [5, 5.41) is 4.67. The fraction of sp³-hybridized carbons (Fsp3) is 0.615. The Morgan fingerprint density at radius 2 is 2.05 bits per heavy atom. The summed E-state index contributed by atoms with van der Waals surface area (Å²) in [6.07, 6.45) is 1.98. The van der Waals surface area contributed by atoms with E-state index in [0.29, 0.717) is 36.7 Å². The summed E-state index contributed by atoms with van der Waals surface area (Å²) in [6.45, 7) is 6.45. The van der Waals surface area contributed by atoms with Crippen molar-refractivity contribution in [3.8, 4) is 0 Å². The molecule has 0 unspecified atom stereocenters. The SMILES string of the molecule is Cc1noc2ncnc(N3CCC(C)(C)S(=O)(=O)CC3)c12. The molecule has 7 nitrogen and oxygen atoms in total. The Kier molecular flexibility index (Phi) is 3.16. The molecule has 114 valence electrons. The highest BCUT2D eigenvalue weighted by Crippen LogP contribution is 2.30. The quantitative estimate of drug-likeness (QED) is 0.785. The summed E-state index contributed by atoms with van der Waals surface area (Å²) in [7, 11) is -3.11. The van der Waals surface area contributed by atoms with Gasteiger partial charge < -0.3 is 9.42 Å². The highest BCUT2D eigenvalue weighted by atomic mass is 32.2. The maximum atomic E-state index is 12.3. The Labute approximate surface area is 123 Å². The molecule has 0 amide bonds. The third kappa shape index (κ3) is 2.27. The molecule has 21 heavy (non-hydrogen) atoms. The molecule has 0 bridgehead atoms. The maximum absolute atomic E-state index is 12.3. The summed E-state index contributed by atoms with van der Waals surface area (Å²) < 4.78 is 29.0. The van der Waals surface area contributed by atoms with Crippen LogP contribution in [-0.4, -0.2) is 47.1 Å². The van der Waals surface area contributed by atoms with Crippen LogP contribution in [0.1, 0.15) is 26.0 Å². The van der Waals surface area contributed by atoms with Crippen LogP contribution < -0.4 is 4.90 Å². The molecule has 1 aliphatic heterocycles. The van der Waals surface area contributed by atoms with Gasteiger partial charge in [-0.3, -0.25) is 0 Å². The molecule has 0 aliphatic carbocycles. The van der Waals surface area contributed by atoms with Crippen molar-refractivity contribution < 1.29 is 12.9 Å². The second-order valence-corrected chi connectivity index (χ2v) is 8.70. The van der Waals surface area contributed by atoms with Gasteiger partial charge in [0, 0.05) is 13.1 Å². The average molecular weight is 310 g/mol. The Hall–Kier alpha value is -1.70. The highest BCUT2D eigenvalue weighted by Gasteiger charge is 2.37. The minimum Gasteiger partial charge on any atom is -0.355 e. The molecule has 1 fully saturated rings. The number of nitrogens with zero attached hydrogens (tertiary/aromatic N) is 4. The van der Waals surface area contributed by atoms with Crippen LogP contribution in [0.5, 0.6) is 0 Å². The number of hydrogen-bond donors (Lipinski definition) is 0. The number of aromatic nitrogens is 3. The molecule has 0 atom stereocenters. The van der Waals surface area contributed by atoms with Gasteiger partial charge in [-0.15, -0.1) is 0 Å². The molecular formula is C13H18N4O3S. The van der Waals surface area contributed by atoms with Crippen molar-refractivity contribution in [3.63, 3.8) is 0 Å². The molecule has 0 aromatic carbocycles. The van der Waals surface area contributed by atoms with E-state index in [-0.39, 0.29) is 5.75 Å². The number of rotatable bonds is 1. The first-order valence-corrected chi connectivity index (χ1v) is 8.51. The smallest absolute Gasteiger partial charge is 0.263 e. The lowest BCUT2D eigenvalue weighted by Gasteiger charge is -2.23. The molecule has 2 aromatic heterocycles. The van der Waals surface area contributed by atoms with E-state index in [4.69, 9.17) is 4.52 Å². The fourth-order valence-corrected chi connectivity index (χ4v) is 3.95. The maximum Gasteiger partial charge on any atom is 0.263 e. The van der Waals surface area contributed by atoms with Crippen LogP contribution in [0, 0.1) is 6.92 Å². The van der Waals surface area contributed by atoms with Gasteiger partial charge in [0.1, 0.15) is 17.5 Å². The first-order chi connectivity index (χ1) is 9.82. The van der Waals surface area contributed by atoms with E-state index in [1.54, 1.807) is 13.8 Å². The van der Waals surface area contributed by atoms with Gasteiger partial charge >= 0.3 is 0 Å². The highest BCUT2D eigenvalue weighted by molar-refractivity contribution is 7.92. The molecule has 0 spiro atoms. The number of sulfone groups is 1. The van der Waals surface area contributed by atoms with Gasteiger partial charge in [-0.05, 0) is 27.2 Å². The lowest BCUT2D eigenvalue weighted by atomic mass is 10.1. The Balaban J connectivity index is 2.03. The summed E-state index contributed by atoms with van der Waals surface area (Å²) in [6, 6.07) is 0. The number of aryl methyl sites for hydroxylation is 1. The summed E-state index contributed by atoms with van der Waals surface area (Å²) in [5.74, 6) is 0.821. The van der Waals surface area contributed by atoms with Crippen LogP contribution in [-0.2, 0) is 9.84 Å². The van der Waals surface area contributed by atoms with Crippen molar-refractivity contribution in [2.24, 2.45) is 0 Å². The van der Waals surface area contributed by atoms with E-state index in [1.165, 1.54) is 6.33 Å². The van der Waals surface area contributed by atoms with E-state index in [0.717, 1.165) is 5.39 Å². The van der Waals surface area contributed by atoms with Crippen molar-refractivity contribution in [2.75, 3.05) is 23.7 Å². The van der Waals surface area contributed by atoms with E-state index in [1.807, 2.05) is 11.8 Å². The van der Waals surface area contributed by atoms with Crippen molar-refractivity contribution >= 4 is 26.8 Å². The third-order valence-corrected chi connectivity index (χ3v) is 6.79. The van der Waals surface area contributed by atoms with Gasteiger partial charge in [-0.25, -0.2) is 13.4 Å². The Morgan fingerprint density at radius 3 is 2.81 bits per heavy atom. The molecular weight excluding hydrogens is 292 g/mol. The van der Waals surface area contributed by atoms with E-state index >= 15 is 0 Å². The molecule has 2 aromatic rings. The van der Waals surface area contributed by atoms with Crippen LogP contribution in [0.4, 0.5) is 5.82 Å². The summed E-state index contributed by atoms with van der Waals surface area (Å²) in [5.41, 5.74) is 1.15. The van der Waals surface area contributed by atoms with Gasteiger partial charge in [-0.1, -0.05) is 5.16 Å². The lowest BCUT2D eigenvalue weighted by Crippen LogP contribution is -2.33. The van der Waals surface area contributed by atoms with Crippen LogP contribution in [0.3, 0.4) is 0 Å². The van der Waals surface area contributed by atoms with E-state index in [2.05, 4.69) is 15.1 Å². The second-order valence-electron chi connectivity index (χ2n) is 5.96. The van der Waals surface area contributed by atoms with Gasteiger partial charge in [0.25, 0.3) is 5.71 Å². The number of fused-ring (bicyclic) bond motifs is 1. The first-order valence-electron chi connectivity index (χ1n) is 6.86. The van der Waals surface area contributed by atoms with Crippen molar-refractivity contribution in [2.45, 2.75) is 31.9 Å². The topological polar surface area (TPSA) is 89.2 Å². The summed E-state index contributed by atoms with van der Waals surface area (Å²) in [4.78, 5) is 10.4. The minimum absolute atomic E-state index is 0.121. The molecule has 3 heterocycles. The van der Waals surface area contributed by atoms with Gasteiger partial charge in [-0.2, -0.15) is 4.98 Å². The van der Waals surface area contributed by atoms with Gasteiger partial charge in [0.05, 0.1) is 16.2 Å². The second kappa shape index (κ2) is 4.66. The van der Waals surface area contributed by atoms with Crippen LogP contribution in [0.2, 0.25) is 0 Å². The van der Waals surface area contributed by atoms with Crippen molar-refractivity contribution in [1.29, 1.82) is 0 Å². The van der Waals surface area contributed by atoms with E-state index in [9.17, 15) is 8.42 Å². The molecule has 1 aliphatic rings. The zero-order chi connectivity index (χ0) is 15.3. The monoisotopic (exact) mass is 310 g/mol. The molecule has 8 heteroatoms. The molecule has 0 radical (unpaired) electrons. The fourth-order valence-electron chi connectivity index (χ4n) is 2.53. The zero-order valence-corrected chi connectivity index (χ0v) is 13.1. The zero-order valence-electron chi connectivity index (χ0n) is 12.3. The van der Waals surface area contributed by atoms with E-state index < -0.39 is 14.6 Å². The lowest BCUT2D eigenvalue weighted by molar-refractivity contribution is 0.442. The minimum atomic E-state index is -3.11. The largest absolute Gasteiger partial charge is 0.355 e. The van der Waals surface area contributed by atoms with Crippen LogP contribution in [0.15, 0.2) is 10.9 Å². The van der Waals surface area contributed by atoms with Crippen molar-refractivity contribution in [1.82, 2.24) is 15.1 Å². The number of hydrogen-bond acceptors (Lipinski definition) is 7. The van der Waals surface area contributed by atoms with Crippen molar-refractivity contribution in [3.05, 3.63) is 12.0 Å². The Morgan fingerprint density at radius 1 is 1.29 bits per heavy atom. The Bertz CT molecular complexity index is 782.